The molecule has 4 aliphatic rings. The van der Waals surface area contributed by atoms with Crippen LogP contribution in [0.15, 0.2) is 17.1 Å². The van der Waals surface area contributed by atoms with Gasteiger partial charge >= 0.3 is 0 Å². The molecular formula is C11H12N2O2. The molecule has 0 aromatic rings. The summed E-state index contributed by atoms with van der Waals surface area (Å²) in [5.41, 5.74) is 0. The first-order valence-electron chi connectivity index (χ1n) is 5.56. The molecule has 4 rings (SSSR count). The third-order valence-electron chi connectivity index (χ3n) is 3.84. The molecule has 0 saturated carbocycles. The molecule has 1 amide bonds. The van der Waals surface area contributed by atoms with E-state index in [-0.39, 0.29) is 30.0 Å². The zero-order valence-electron chi connectivity index (χ0n) is 8.30. The first-order valence-corrected chi connectivity index (χ1v) is 5.56. The van der Waals surface area contributed by atoms with E-state index in [1.807, 2.05) is 11.0 Å². The number of aliphatic imine (C=N–C) groups is 1. The van der Waals surface area contributed by atoms with Gasteiger partial charge in [0, 0.05) is 13.1 Å². The molecular weight excluding hydrogens is 192 g/mol. The number of amides is 1. The zero-order chi connectivity index (χ0) is 9.99. The van der Waals surface area contributed by atoms with E-state index >= 15 is 0 Å². The van der Waals surface area contributed by atoms with Gasteiger partial charge in [0.25, 0.3) is 0 Å². The Hall–Kier alpha value is -1.16. The van der Waals surface area contributed by atoms with Crippen LogP contribution in [0.4, 0.5) is 0 Å². The van der Waals surface area contributed by atoms with Crippen molar-refractivity contribution < 1.29 is 9.53 Å². The molecule has 0 N–H and O–H groups in total. The summed E-state index contributed by atoms with van der Waals surface area (Å²) in [6, 6.07) is 0. The first kappa shape index (κ1) is 8.05. The Morgan fingerprint density at radius 2 is 2.13 bits per heavy atom. The Labute approximate surface area is 87.6 Å². The highest BCUT2D eigenvalue weighted by Crippen LogP contribution is 2.46. The predicted molar refractivity (Wildman–Crippen MR) is 53.4 cm³/mol. The number of carbonyl (C=O) groups excluding carboxylic acids is 1. The van der Waals surface area contributed by atoms with Crippen molar-refractivity contribution in [1.82, 2.24) is 4.90 Å². The summed E-state index contributed by atoms with van der Waals surface area (Å²) in [6.07, 6.45) is 5.23. The van der Waals surface area contributed by atoms with Crippen LogP contribution in [0.25, 0.3) is 0 Å². The molecule has 0 radical (unpaired) electrons. The van der Waals surface area contributed by atoms with Gasteiger partial charge in [0.15, 0.2) is 0 Å². The molecule has 2 fully saturated rings. The van der Waals surface area contributed by atoms with Gasteiger partial charge in [0.05, 0.1) is 24.0 Å². The Bertz CT molecular complexity index is 401. The lowest BCUT2D eigenvalue weighted by Crippen LogP contribution is -2.38. The maximum absolute atomic E-state index is 12.1. The second kappa shape index (κ2) is 2.50. The van der Waals surface area contributed by atoms with Crippen LogP contribution >= 0.6 is 0 Å². The van der Waals surface area contributed by atoms with Crippen molar-refractivity contribution in [3.8, 4) is 0 Å². The fourth-order valence-corrected chi connectivity index (χ4v) is 3.22. The Balaban J connectivity index is 1.84. The number of ether oxygens (including phenoxy) is 1. The molecule has 0 unspecified atom stereocenters. The van der Waals surface area contributed by atoms with Crippen LogP contribution in [0, 0.1) is 11.8 Å². The zero-order valence-corrected chi connectivity index (χ0v) is 8.30. The molecule has 0 aromatic carbocycles. The van der Waals surface area contributed by atoms with Gasteiger partial charge < -0.3 is 4.74 Å². The Morgan fingerprint density at radius 1 is 1.33 bits per heavy atom. The molecule has 78 valence electrons. The van der Waals surface area contributed by atoms with Crippen LogP contribution in [0.5, 0.6) is 0 Å². The highest BCUT2D eigenvalue weighted by molar-refractivity contribution is 6.09. The molecule has 0 aromatic heterocycles. The fourth-order valence-electron chi connectivity index (χ4n) is 3.22. The van der Waals surface area contributed by atoms with Crippen molar-refractivity contribution in [2.24, 2.45) is 16.8 Å². The van der Waals surface area contributed by atoms with Crippen LogP contribution < -0.4 is 0 Å². The normalized spacial score (nSPS) is 45.7. The van der Waals surface area contributed by atoms with Gasteiger partial charge in [-0.3, -0.25) is 14.7 Å². The van der Waals surface area contributed by atoms with Gasteiger partial charge in [0.2, 0.25) is 5.91 Å². The van der Waals surface area contributed by atoms with E-state index in [1.54, 1.807) is 0 Å². The number of rotatable bonds is 0. The maximum Gasteiger partial charge on any atom is 0.234 e. The summed E-state index contributed by atoms with van der Waals surface area (Å²) < 4.78 is 5.72. The number of carbonyl (C=O) groups is 1. The smallest absolute Gasteiger partial charge is 0.234 e. The SMILES string of the molecule is O=C1[C@H]2[C@@H](C3=NCCCN13)[C@@H]1C=C[C@H]2O1. The van der Waals surface area contributed by atoms with Gasteiger partial charge in [0.1, 0.15) is 5.84 Å². The van der Waals surface area contributed by atoms with E-state index in [0.29, 0.717) is 0 Å². The molecule has 15 heavy (non-hydrogen) atoms. The average molecular weight is 204 g/mol. The van der Waals surface area contributed by atoms with Gasteiger partial charge in [-0.2, -0.15) is 0 Å². The number of amidine groups is 1. The first-order chi connectivity index (χ1) is 7.36. The molecule has 2 bridgehead atoms. The summed E-state index contributed by atoms with van der Waals surface area (Å²) in [6.45, 7) is 1.72. The van der Waals surface area contributed by atoms with Crippen molar-refractivity contribution in [3.05, 3.63) is 12.2 Å². The largest absolute Gasteiger partial charge is 0.365 e. The number of hydrogen-bond acceptors (Lipinski definition) is 3. The molecule has 2 saturated heterocycles. The van der Waals surface area contributed by atoms with E-state index in [0.717, 1.165) is 25.3 Å². The minimum Gasteiger partial charge on any atom is -0.365 e. The summed E-state index contributed by atoms with van der Waals surface area (Å²) in [7, 11) is 0. The average Bonchev–Trinajstić information content (AvgIpc) is 2.92. The van der Waals surface area contributed by atoms with E-state index < -0.39 is 0 Å². The third kappa shape index (κ3) is 0.822. The molecule has 4 heterocycles. The Kier molecular flexibility index (Phi) is 1.34. The molecule has 0 aliphatic carbocycles. The van der Waals surface area contributed by atoms with Gasteiger partial charge in [-0.15, -0.1) is 0 Å². The standard InChI is InChI=1S/C11H12N2O2/c14-11-9-7-3-2-6(15-7)8(9)10-12-4-1-5-13(10)11/h2-3,6-9H,1,4-5H2/t6-,7+,8-,9+/m0/s1. The van der Waals surface area contributed by atoms with E-state index in [1.165, 1.54) is 0 Å². The second-order valence-electron chi connectivity index (χ2n) is 4.59. The maximum atomic E-state index is 12.1. The van der Waals surface area contributed by atoms with E-state index in [2.05, 4.69) is 11.1 Å². The van der Waals surface area contributed by atoms with Crippen LogP contribution in [0.1, 0.15) is 6.42 Å². The summed E-state index contributed by atoms with van der Waals surface area (Å²) in [5, 5.41) is 0. The van der Waals surface area contributed by atoms with Crippen LogP contribution in [0.2, 0.25) is 0 Å². The van der Waals surface area contributed by atoms with E-state index in [9.17, 15) is 4.79 Å². The lowest BCUT2D eigenvalue weighted by molar-refractivity contribution is -0.130. The van der Waals surface area contributed by atoms with Crippen molar-refractivity contribution in [3.63, 3.8) is 0 Å². The molecule has 0 spiro atoms. The summed E-state index contributed by atoms with van der Waals surface area (Å²) in [4.78, 5) is 18.5. The minimum atomic E-state index is 0.0146. The molecule has 4 aliphatic heterocycles. The monoisotopic (exact) mass is 204 g/mol. The number of fused-ring (bicyclic) bond motifs is 7. The fraction of sp³-hybridized carbons (Fsp3) is 0.636. The van der Waals surface area contributed by atoms with Crippen molar-refractivity contribution >= 4 is 11.7 Å². The van der Waals surface area contributed by atoms with Gasteiger partial charge in [-0.1, -0.05) is 12.2 Å². The quantitative estimate of drug-likeness (QED) is 0.529. The lowest BCUT2D eigenvalue weighted by Gasteiger charge is -2.24. The minimum absolute atomic E-state index is 0.0146. The topological polar surface area (TPSA) is 41.9 Å². The third-order valence-corrected chi connectivity index (χ3v) is 3.84. The van der Waals surface area contributed by atoms with Gasteiger partial charge in [-0.05, 0) is 6.42 Å². The Morgan fingerprint density at radius 3 is 3.00 bits per heavy atom. The predicted octanol–water partition coefficient (Wildman–Crippen LogP) is 0.200. The molecule has 4 heteroatoms. The highest BCUT2D eigenvalue weighted by Gasteiger charge is 2.59. The van der Waals surface area contributed by atoms with E-state index in [4.69, 9.17) is 4.74 Å². The van der Waals surface area contributed by atoms with Crippen LogP contribution in [0.3, 0.4) is 0 Å². The summed E-state index contributed by atoms with van der Waals surface area (Å²) >= 11 is 0. The van der Waals surface area contributed by atoms with Crippen molar-refractivity contribution in [2.75, 3.05) is 13.1 Å². The lowest BCUT2D eigenvalue weighted by atomic mass is 9.85. The number of nitrogens with zero attached hydrogens (tertiary/aromatic N) is 2. The number of hydrogen-bond donors (Lipinski definition) is 0. The molecule has 4 nitrogen and oxygen atoms in total. The highest BCUT2D eigenvalue weighted by atomic mass is 16.5. The molecule has 4 atom stereocenters. The van der Waals surface area contributed by atoms with Crippen molar-refractivity contribution in [2.45, 2.75) is 18.6 Å². The van der Waals surface area contributed by atoms with Crippen LogP contribution in [-0.2, 0) is 9.53 Å². The van der Waals surface area contributed by atoms with Gasteiger partial charge in [-0.25, -0.2) is 0 Å². The summed E-state index contributed by atoms with van der Waals surface area (Å²) in [5.74, 6) is 1.47. The van der Waals surface area contributed by atoms with Crippen LogP contribution in [-0.4, -0.2) is 41.9 Å². The van der Waals surface area contributed by atoms with Crippen molar-refractivity contribution in [1.29, 1.82) is 0 Å². The second-order valence-corrected chi connectivity index (χ2v) is 4.59.